The van der Waals surface area contributed by atoms with Crippen molar-refractivity contribution in [3.05, 3.63) is 47.5 Å². The van der Waals surface area contributed by atoms with Gasteiger partial charge in [0.05, 0.1) is 0 Å². The molecule has 0 saturated heterocycles. The predicted octanol–water partition coefficient (Wildman–Crippen LogP) is 3.47. The molecular formula is C11H12F2. The van der Waals surface area contributed by atoms with Crippen LogP contribution in [-0.4, -0.2) is 0 Å². The van der Waals surface area contributed by atoms with Crippen molar-refractivity contribution in [3.8, 4) is 0 Å². The Kier molecular flexibility index (Phi) is 3.18. The molecule has 1 aromatic rings. The molecule has 0 atom stereocenters. The van der Waals surface area contributed by atoms with Crippen LogP contribution in [0.5, 0.6) is 0 Å². The van der Waals surface area contributed by atoms with Gasteiger partial charge in [-0.1, -0.05) is 19.1 Å². The average Bonchev–Trinajstić information content (AvgIpc) is 2.11. The first-order chi connectivity index (χ1) is 6.13. The van der Waals surface area contributed by atoms with E-state index in [2.05, 4.69) is 6.58 Å². The van der Waals surface area contributed by atoms with Gasteiger partial charge in [-0.15, -0.1) is 0 Å². The second kappa shape index (κ2) is 4.17. The zero-order valence-electron chi connectivity index (χ0n) is 7.61. The van der Waals surface area contributed by atoms with Crippen molar-refractivity contribution in [1.82, 2.24) is 0 Å². The van der Waals surface area contributed by atoms with E-state index < -0.39 is 5.82 Å². The lowest BCUT2D eigenvalue weighted by molar-refractivity contribution is 0.587. The van der Waals surface area contributed by atoms with Crippen LogP contribution >= 0.6 is 0 Å². The fraction of sp³-hybridized carbons (Fsp3) is 0.273. The topological polar surface area (TPSA) is 0 Å². The van der Waals surface area contributed by atoms with Gasteiger partial charge in [-0.2, -0.15) is 0 Å². The highest BCUT2D eigenvalue weighted by molar-refractivity contribution is 5.23. The van der Waals surface area contributed by atoms with Gasteiger partial charge in [0.2, 0.25) is 0 Å². The summed E-state index contributed by atoms with van der Waals surface area (Å²) < 4.78 is 25.8. The first kappa shape index (κ1) is 9.90. The molecule has 1 aromatic carbocycles. The van der Waals surface area contributed by atoms with Crippen LogP contribution in [0.25, 0.3) is 0 Å². The minimum Gasteiger partial charge on any atom is -0.207 e. The molecule has 0 amide bonds. The lowest BCUT2D eigenvalue weighted by Crippen LogP contribution is -1.93. The van der Waals surface area contributed by atoms with E-state index in [-0.39, 0.29) is 5.82 Å². The van der Waals surface area contributed by atoms with Gasteiger partial charge in [0, 0.05) is 0 Å². The molecule has 0 aromatic heterocycles. The highest BCUT2D eigenvalue weighted by Crippen LogP contribution is 2.14. The molecule has 0 spiro atoms. The van der Waals surface area contributed by atoms with Gasteiger partial charge in [-0.3, -0.25) is 0 Å². The van der Waals surface area contributed by atoms with E-state index in [9.17, 15) is 8.78 Å². The van der Waals surface area contributed by atoms with Crippen molar-refractivity contribution in [3.63, 3.8) is 0 Å². The summed E-state index contributed by atoms with van der Waals surface area (Å²) >= 11 is 0. The molecule has 0 aliphatic rings. The number of halogens is 2. The lowest BCUT2D eigenvalue weighted by atomic mass is 10.0. The standard InChI is InChI=1S/C11H12F2/c1-3-8(2)6-9-7-10(12)4-5-11(9)13/h4-5,7H,2-3,6H2,1H3. The quantitative estimate of drug-likeness (QED) is 0.628. The van der Waals surface area contributed by atoms with Crippen LogP contribution < -0.4 is 0 Å². The average molecular weight is 182 g/mol. The molecule has 70 valence electrons. The van der Waals surface area contributed by atoms with Crippen LogP contribution in [0.2, 0.25) is 0 Å². The molecule has 0 bridgehead atoms. The highest BCUT2D eigenvalue weighted by atomic mass is 19.1. The molecule has 0 saturated carbocycles. The zero-order valence-corrected chi connectivity index (χ0v) is 7.61. The fourth-order valence-electron chi connectivity index (χ4n) is 1.07. The van der Waals surface area contributed by atoms with Crippen molar-refractivity contribution in [2.45, 2.75) is 19.8 Å². The van der Waals surface area contributed by atoms with Crippen LogP contribution in [0.15, 0.2) is 30.4 Å². The van der Waals surface area contributed by atoms with Crippen LogP contribution in [0.4, 0.5) is 8.78 Å². The van der Waals surface area contributed by atoms with Crippen molar-refractivity contribution in [2.75, 3.05) is 0 Å². The van der Waals surface area contributed by atoms with Gasteiger partial charge in [0.15, 0.2) is 0 Å². The van der Waals surface area contributed by atoms with Crippen molar-refractivity contribution < 1.29 is 8.78 Å². The summed E-state index contributed by atoms with van der Waals surface area (Å²) in [5, 5.41) is 0. The molecule has 0 fully saturated rings. The summed E-state index contributed by atoms with van der Waals surface area (Å²) in [5.74, 6) is -0.767. The van der Waals surface area contributed by atoms with Crippen molar-refractivity contribution in [2.24, 2.45) is 0 Å². The van der Waals surface area contributed by atoms with E-state index in [1.54, 1.807) is 0 Å². The molecule has 13 heavy (non-hydrogen) atoms. The Morgan fingerprint density at radius 1 is 1.38 bits per heavy atom. The molecule has 2 heteroatoms. The van der Waals surface area contributed by atoms with Gasteiger partial charge in [-0.25, -0.2) is 8.78 Å². The summed E-state index contributed by atoms with van der Waals surface area (Å²) in [7, 11) is 0. The van der Waals surface area contributed by atoms with E-state index >= 15 is 0 Å². The zero-order chi connectivity index (χ0) is 9.84. The summed E-state index contributed by atoms with van der Waals surface area (Å²) in [6, 6.07) is 3.48. The molecule has 1 rings (SSSR count). The Morgan fingerprint density at radius 2 is 2.08 bits per heavy atom. The maximum atomic E-state index is 13.1. The van der Waals surface area contributed by atoms with Gasteiger partial charge in [-0.05, 0) is 36.6 Å². The second-order valence-electron chi connectivity index (χ2n) is 3.02. The maximum Gasteiger partial charge on any atom is 0.126 e. The molecule has 0 aliphatic heterocycles. The summed E-state index contributed by atoms with van der Waals surface area (Å²) in [6.07, 6.45) is 1.20. The van der Waals surface area contributed by atoms with Crippen molar-refractivity contribution in [1.29, 1.82) is 0 Å². The first-order valence-corrected chi connectivity index (χ1v) is 4.24. The van der Waals surface area contributed by atoms with Crippen LogP contribution in [0, 0.1) is 11.6 Å². The molecule has 0 aliphatic carbocycles. The Balaban J connectivity index is 2.87. The summed E-state index contributed by atoms with van der Waals surface area (Å²) in [6.45, 7) is 5.69. The number of hydrogen-bond acceptors (Lipinski definition) is 0. The monoisotopic (exact) mass is 182 g/mol. The van der Waals surface area contributed by atoms with E-state index in [0.717, 1.165) is 24.1 Å². The Morgan fingerprint density at radius 3 is 2.69 bits per heavy atom. The van der Waals surface area contributed by atoms with Gasteiger partial charge in [0.1, 0.15) is 11.6 Å². The fourth-order valence-corrected chi connectivity index (χ4v) is 1.07. The van der Waals surface area contributed by atoms with Gasteiger partial charge < -0.3 is 0 Å². The molecule has 0 radical (unpaired) electrons. The third-order valence-corrected chi connectivity index (χ3v) is 1.95. The smallest absolute Gasteiger partial charge is 0.126 e. The summed E-state index contributed by atoms with van der Waals surface area (Å²) in [5.41, 5.74) is 1.29. The van der Waals surface area contributed by atoms with Crippen LogP contribution in [-0.2, 0) is 6.42 Å². The van der Waals surface area contributed by atoms with Gasteiger partial charge >= 0.3 is 0 Å². The van der Waals surface area contributed by atoms with E-state index in [4.69, 9.17) is 0 Å². The third kappa shape index (κ3) is 2.65. The van der Waals surface area contributed by atoms with Crippen LogP contribution in [0.3, 0.4) is 0 Å². The maximum absolute atomic E-state index is 13.1. The molecule has 0 nitrogen and oxygen atoms in total. The number of hydrogen-bond donors (Lipinski definition) is 0. The highest BCUT2D eigenvalue weighted by Gasteiger charge is 2.04. The van der Waals surface area contributed by atoms with Crippen LogP contribution in [0.1, 0.15) is 18.9 Å². The molecule has 0 heterocycles. The Labute approximate surface area is 76.9 Å². The lowest BCUT2D eigenvalue weighted by Gasteiger charge is -2.04. The van der Waals surface area contributed by atoms with E-state index in [1.807, 2.05) is 6.92 Å². The Hall–Kier alpha value is -1.18. The number of allylic oxidation sites excluding steroid dienone is 1. The van der Waals surface area contributed by atoms with Crippen molar-refractivity contribution >= 4 is 0 Å². The largest absolute Gasteiger partial charge is 0.207 e. The Bertz CT molecular complexity index is 316. The first-order valence-electron chi connectivity index (χ1n) is 4.24. The van der Waals surface area contributed by atoms with E-state index in [1.165, 1.54) is 6.07 Å². The van der Waals surface area contributed by atoms with E-state index in [0.29, 0.717) is 12.0 Å². The number of benzene rings is 1. The summed E-state index contributed by atoms with van der Waals surface area (Å²) in [4.78, 5) is 0. The minimum absolute atomic E-state index is 0.365. The molecule has 0 N–H and O–H groups in total. The predicted molar refractivity (Wildman–Crippen MR) is 49.5 cm³/mol. The number of rotatable bonds is 3. The SMILES string of the molecule is C=C(CC)Cc1cc(F)ccc1F. The third-order valence-electron chi connectivity index (χ3n) is 1.95. The molecule has 0 unspecified atom stereocenters. The second-order valence-corrected chi connectivity index (χ2v) is 3.02. The molecular weight excluding hydrogens is 170 g/mol. The minimum atomic E-state index is -0.402. The van der Waals surface area contributed by atoms with Gasteiger partial charge in [0.25, 0.3) is 0 Å². The normalized spacial score (nSPS) is 10.1.